The molecule has 2 aliphatic rings. The van der Waals surface area contributed by atoms with Crippen molar-refractivity contribution in [1.82, 2.24) is 9.88 Å². The Morgan fingerprint density at radius 3 is 2.85 bits per heavy atom. The predicted molar refractivity (Wildman–Crippen MR) is 79.5 cm³/mol. The highest BCUT2D eigenvalue weighted by Crippen LogP contribution is 2.30. The van der Waals surface area contributed by atoms with Crippen LogP contribution in [-0.2, 0) is 4.79 Å². The smallest absolute Gasteiger partial charge is 0.225 e. The number of aryl methyl sites for hydroxylation is 1. The van der Waals surface area contributed by atoms with Crippen LogP contribution in [0.15, 0.2) is 18.2 Å². The van der Waals surface area contributed by atoms with Gasteiger partial charge in [0.25, 0.3) is 0 Å². The molecule has 0 bridgehead atoms. The molecule has 1 aliphatic heterocycles. The third-order valence-corrected chi connectivity index (χ3v) is 4.44. The number of hydrogen-bond acceptors (Lipinski definition) is 3. The van der Waals surface area contributed by atoms with Crippen molar-refractivity contribution in [3.8, 4) is 0 Å². The fourth-order valence-electron chi connectivity index (χ4n) is 3.37. The zero-order valence-electron chi connectivity index (χ0n) is 12.1. The van der Waals surface area contributed by atoms with Gasteiger partial charge in [-0.15, -0.1) is 0 Å². The first kappa shape index (κ1) is 13.4. The maximum atomic E-state index is 12.4. The zero-order chi connectivity index (χ0) is 13.9. The van der Waals surface area contributed by atoms with Crippen molar-refractivity contribution in [3.05, 3.63) is 23.9 Å². The van der Waals surface area contributed by atoms with Crippen LogP contribution in [0.1, 0.15) is 37.8 Å². The number of anilines is 1. The number of likely N-dealkylation sites (tertiary alicyclic amines) is 1. The van der Waals surface area contributed by atoms with Crippen LogP contribution in [0.4, 0.5) is 5.82 Å². The molecule has 2 heterocycles. The Kier molecular flexibility index (Phi) is 3.90. The number of nitrogens with one attached hydrogen (secondary N) is 1. The van der Waals surface area contributed by atoms with Gasteiger partial charge < -0.3 is 10.2 Å². The lowest BCUT2D eigenvalue weighted by Gasteiger charge is -2.20. The molecule has 1 aromatic heterocycles. The van der Waals surface area contributed by atoms with Crippen molar-refractivity contribution in [3.63, 3.8) is 0 Å². The van der Waals surface area contributed by atoms with Gasteiger partial charge in [0.1, 0.15) is 5.82 Å². The predicted octanol–water partition coefficient (Wildman–Crippen LogP) is 2.59. The van der Waals surface area contributed by atoms with Gasteiger partial charge in [0, 0.05) is 30.7 Å². The first-order chi connectivity index (χ1) is 9.72. The van der Waals surface area contributed by atoms with E-state index in [1.807, 2.05) is 25.1 Å². The second-order valence-electron chi connectivity index (χ2n) is 6.05. The standard InChI is InChI=1S/C16H23N3O/c1-12-5-4-6-15(17-12)18-14-8-7-13(11-14)16(20)19-9-2-3-10-19/h4-6,13-14H,2-3,7-11H2,1H3,(H,17,18)/t13-,14+/m1/s1. The van der Waals surface area contributed by atoms with E-state index in [0.29, 0.717) is 11.9 Å². The number of carbonyl (C=O) groups excluding carboxylic acids is 1. The Hall–Kier alpha value is -1.58. The van der Waals surface area contributed by atoms with Gasteiger partial charge in [0.2, 0.25) is 5.91 Å². The normalized spacial score (nSPS) is 25.9. The highest BCUT2D eigenvalue weighted by Gasteiger charge is 2.33. The SMILES string of the molecule is Cc1cccc(N[C@H]2CC[C@@H](C(=O)N3CCCC3)C2)n1. The molecular formula is C16H23N3O. The van der Waals surface area contributed by atoms with Gasteiger partial charge in [0.05, 0.1) is 0 Å². The third kappa shape index (κ3) is 2.94. The number of pyridine rings is 1. The van der Waals surface area contributed by atoms with Gasteiger partial charge in [0.15, 0.2) is 0 Å². The summed E-state index contributed by atoms with van der Waals surface area (Å²) in [5, 5.41) is 3.48. The van der Waals surface area contributed by atoms with Crippen molar-refractivity contribution >= 4 is 11.7 Å². The molecule has 1 aromatic rings. The van der Waals surface area contributed by atoms with E-state index < -0.39 is 0 Å². The Bertz CT molecular complexity index is 482. The zero-order valence-corrected chi connectivity index (χ0v) is 12.1. The Morgan fingerprint density at radius 2 is 2.10 bits per heavy atom. The lowest BCUT2D eigenvalue weighted by molar-refractivity contribution is -0.134. The second kappa shape index (κ2) is 5.81. The molecule has 2 fully saturated rings. The fraction of sp³-hybridized carbons (Fsp3) is 0.625. The maximum absolute atomic E-state index is 12.4. The van der Waals surface area contributed by atoms with Gasteiger partial charge in [-0.25, -0.2) is 4.98 Å². The summed E-state index contributed by atoms with van der Waals surface area (Å²) in [4.78, 5) is 18.9. The molecule has 0 aromatic carbocycles. The molecule has 0 radical (unpaired) electrons. The number of carbonyl (C=O) groups is 1. The van der Waals surface area contributed by atoms with Crippen molar-refractivity contribution in [2.24, 2.45) is 5.92 Å². The quantitative estimate of drug-likeness (QED) is 0.920. The molecule has 1 saturated heterocycles. The van der Waals surface area contributed by atoms with E-state index in [1.165, 1.54) is 12.8 Å². The van der Waals surface area contributed by atoms with Crippen molar-refractivity contribution in [2.45, 2.75) is 45.1 Å². The number of rotatable bonds is 3. The van der Waals surface area contributed by atoms with Gasteiger partial charge >= 0.3 is 0 Å². The Labute approximate surface area is 120 Å². The topological polar surface area (TPSA) is 45.2 Å². The number of hydrogen-bond donors (Lipinski definition) is 1. The third-order valence-electron chi connectivity index (χ3n) is 4.44. The summed E-state index contributed by atoms with van der Waals surface area (Å²) in [5.74, 6) is 1.53. The minimum atomic E-state index is 0.218. The molecular weight excluding hydrogens is 250 g/mol. The minimum absolute atomic E-state index is 0.218. The van der Waals surface area contributed by atoms with Crippen LogP contribution >= 0.6 is 0 Å². The van der Waals surface area contributed by atoms with Crippen LogP contribution in [0.2, 0.25) is 0 Å². The molecule has 1 N–H and O–H groups in total. The average Bonchev–Trinajstić information content (AvgIpc) is 3.09. The molecule has 4 nitrogen and oxygen atoms in total. The molecule has 1 saturated carbocycles. The molecule has 0 unspecified atom stereocenters. The van der Waals surface area contributed by atoms with Crippen molar-refractivity contribution in [2.75, 3.05) is 18.4 Å². The summed E-state index contributed by atoms with van der Waals surface area (Å²) < 4.78 is 0. The first-order valence-electron chi connectivity index (χ1n) is 7.71. The van der Waals surface area contributed by atoms with E-state index in [2.05, 4.69) is 15.2 Å². The summed E-state index contributed by atoms with van der Waals surface area (Å²) in [5.41, 5.74) is 1.03. The van der Waals surface area contributed by atoms with Crippen LogP contribution < -0.4 is 5.32 Å². The lowest BCUT2D eigenvalue weighted by atomic mass is 10.1. The second-order valence-corrected chi connectivity index (χ2v) is 6.05. The van der Waals surface area contributed by atoms with Gasteiger partial charge in [-0.05, 0) is 51.2 Å². The monoisotopic (exact) mass is 273 g/mol. The summed E-state index contributed by atoms with van der Waals surface area (Å²) in [6.45, 7) is 3.93. The summed E-state index contributed by atoms with van der Waals surface area (Å²) in [6.07, 6.45) is 5.38. The van der Waals surface area contributed by atoms with Crippen LogP contribution in [0.25, 0.3) is 0 Å². The van der Waals surface area contributed by atoms with E-state index in [4.69, 9.17) is 0 Å². The van der Waals surface area contributed by atoms with E-state index in [9.17, 15) is 4.79 Å². The van der Waals surface area contributed by atoms with E-state index in [0.717, 1.165) is 43.9 Å². The lowest BCUT2D eigenvalue weighted by Crippen LogP contribution is -2.33. The summed E-state index contributed by atoms with van der Waals surface area (Å²) >= 11 is 0. The molecule has 1 aliphatic carbocycles. The van der Waals surface area contributed by atoms with Crippen LogP contribution in [0, 0.1) is 12.8 Å². The van der Waals surface area contributed by atoms with Crippen LogP contribution in [0.3, 0.4) is 0 Å². The minimum Gasteiger partial charge on any atom is -0.367 e. The fourth-order valence-corrected chi connectivity index (χ4v) is 3.37. The largest absolute Gasteiger partial charge is 0.367 e. The van der Waals surface area contributed by atoms with E-state index in [-0.39, 0.29) is 5.92 Å². The van der Waals surface area contributed by atoms with Crippen LogP contribution in [0.5, 0.6) is 0 Å². The molecule has 20 heavy (non-hydrogen) atoms. The van der Waals surface area contributed by atoms with E-state index >= 15 is 0 Å². The number of aromatic nitrogens is 1. The summed E-state index contributed by atoms with van der Waals surface area (Å²) in [7, 11) is 0. The molecule has 1 amide bonds. The van der Waals surface area contributed by atoms with Crippen molar-refractivity contribution in [1.29, 1.82) is 0 Å². The number of nitrogens with zero attached hydrogens (tertiary/aromatic N) is 2. The van der Waals surface area contributed by atoms with Crippen LogP contribution in [-0.4, -0.2) is 34.9 Å². The molecule has 4 heteroatoms. The van der Waals surface area contributed by atoms with Gasteiger partial charge in [-0.2, -0.15) is 0 Å². The highest BCUT2D eigenvalue weighted by atomic mass is 16.2. The Morgan fingerprint density at radius 1 is 1.30 bits per heavy atom. The molecule has 108 valence electrons. The average molecular weight is 273 g/mol. The maximum Gasteiger partial charge on any atom is 0.225 e. The first-order valence-corrected chi connectivity index (χ1v) is 7.71. The van der Waals surface area contributed by atoms with Crippen molar-refractivity contribution < 1.29 is 4.79 Å². The molecule has 0 spiro atoms. The summed E-state index contributed by atoms with van der Waals surface area (Å²) in [6, 6.07) is 6.41. The van der Waals surface area contributed by atoms with E-state index in [1.54, 1.807) is 0 Å². The molecule has 2 atom stereocenters. The number of amides is 1. The highest BCUT2D eigenvalue weighted by molar-refractivity contribution is 5.79. The van der Waals surface area contributed by atoms with Gasteiger partial charge in [-0.1, -0.05) is 6.07 Å². The van der Waals surface area contributed by atoms with Gasteiger partial charge in [-0.3, -0.25) is 4.79 Å². The Balaban J connectivity index is 1.55. The molecule has 3 rings (SSSR count).